The van der Waals surface area contributed by atoms with Crippen molar-refractivity contribution in [2.45, 2.75) is 25.2 Å². The van der Waals surface area contributed by atoms with Crippen LogP contribution in [0.15, 0.2) is 54.6 Å². The van der Waals surface area contributed by atoms with Gasteiger partial charge in [-0.25, -0.2) is 4.39 Å². The van der Waals surface area contributed by atoms with Crippen molar-refractivity contribution < 1.29 is 14.0 Å². The van der Waals surface area contributed by atoms with E-state index in [0.717, 1.165) is 24.8 Å². The van der Waals surface area contributed by atoms with E-state index in [-0.39, 0.29) is 30.1 Å². The number of nitrogens with zero attached hydrogens (tertiary/aromatic N) is 1. The summed E-state index contributed by atoms with van der Waals surface area (Å²) in [4.78, 5) is 26.5. The van der Waals surface area contributed by atoms with E-state index < -0.39 is 0 Å². The maximum absolute atomic E-state index is 13.2. The molecule has 26 heavy (non-hydrogen) atoms. The highest BCUT2D eigenvalue weighted by molar-refractivity contribution is 5.96. The van der Waals surface area contributed by atoms with E-state index in [4.69, 9.17) is 0 Å². The van der Waals surface area contributed by atoms with Gasteiger partial charge in [0.25, 0.3) is 5.91 Å². The molecule has 2 amide bonds. The molecule has 1 heterocycles. The van der Waals surface area contributed by atoms with E-state index in [1.807, 2.05) is 11.0 Å². The fourth-order valence-electron chi connectivity index (χ4n) is 3.33. The van der Waals surface area contributed by atoms with Crippen molar-refractivity contribution in [3.8, 4) is 0 Å². The summed E-state index contributed by atoms with van der Waals surface area (Å²) in [5, 5.41) is 2.70. The molecular formula is C21H23FN2O2. The second-order valence-corrected chi connectivity index (χ2v) is 6.63. The number of benzene rings is 2. The van der Waals surface area contributed by atoms with Crippen LogP contribution in [-0.4, -0.2) is 36.3 Å². The summed E-state index contributed by atoms with van der Waals surface area (Å²) < 4.78 is 13.2. The monoisotopic (exact) mass is 354 g/mol. The number of rotatable bonds is 4. The minimum atomic E-state index is -0.251. The zero-order valence-electron chi connectivity index (χ0n) is 14.7. The quantitative estimate of drug-likeness (QED) is 0.915. The largest absolute Gasteiger partial charge is 0.343 e. The lowest BCUT2D eigenvalue weighted by Crippen LogP contribution is -2.41. The molecule has 1 aliphatic heterocycles. The summed E-state index contributed by atoms with van der Waals surface area (Å²) >= 11 is 0. The van der Waals surface area contributed by atoms with Crippen LogP contribution in [0.1, 0.15) is 41.1 Å². The van der Waals surface area contributed by atoms with Crippen molar-refractivity contribution in [2.24, 2.45) is 0 Å². The summed E-state index contributed by atoms with van der Waals surface area (Å²) in [6, 6.07) is 15.4. The van der Waals surface area contributed by atoms with Crippen LogP contribution in [0.3, 0.4) is 0 Å². The highest BCUT2D eigenvalue weighted by Crippen LogP contribution is 2.26. The summed E-state index contributed by atoms with van der Waals surface area (Å²) in [7, 11) is 0. The predicted octanol–water partition coefficient (Wildman–Crippen LogP) is 3.35. The topological polar surface area (TPSA) is 49.4 Å². The van der Waals surface area contributed by atoms with Gasteiger partial charge in [-0.1, -0.05) is 36.8 Å². The third-order valence-corrected chi connectivity index (χ3v) is 4.80. The van der Waals surface area contributed by atoms with Crippen molar-refractivity contribution in [2.75, 3.05) is 19.6 Å². The summed E-state index contributed by atoms with van der Waals surface area (Å²) in [6.45, 7) is 1.28. The molecular weight excluding hydrogens is 331 g/mol. The smallest absolute Gasteiger partial charge is 0.251 e. The Morgan fingerprint density at radius 3 is 2.50 bits per heavy atom. The standard InChI is InChI=1S/C21H23FN2O2/c22-19-11-9-16(10-12-19)18-8-4-5-13-24(15-18)20(25)14-23-21(26)17-6-2-1-3-7-17/h1-3,6-7,9-12,18H,4-5,8,13-15H2,(H,23,26). The van der Waals surface area contributed by atoms with E-state index >= 15 is 0 Å². The van der Waals surface area contributed by atoms with E-state index in [0.29, 0.717) is 18.7 Å². The molecule has 1 aliphatic rings. The van der Waals surface area contributed by atoms with Gasteiger partial charge < -0.3 is 10.2 Å². The molecule has 1 N–H and O–H groups in total. The van der Waals surface area contributed by atoms with Crippen LogP contribution in [0, 0.1) is 5.82 Å². The number of carbonyl (C=O) groups excluding carboxylic acids is 2. The second-order valence-electron chi connectivity index (χ2n) is 6.63. The first-order valence-electron chi connectivity index (χ1n) is 9.00. The minimum absolute atomic E-state index is 0.0101. The SMILES string of the molecule is O=C(NCC(=O)N1CCCCC(c2ccc(F)cc2)C1)c1ccccc1. The van der Waals surface area contributed by atoms with E-state index in [9.17, 15) is 14.0 Å². The average Bonchev–Trinajstić information content (AvgIpc) is 2.93. The summed E-state index contributed by atoms with van der Waals surface area (Å²) in [5.41, 5.74) is 1.60. The zero-order valence-corrected chi connectivity index (χ0v) is 14.7. The Morgan fingerprint density at radius 2 is 1.77 bits per heavy atom. The number of halogens is 1. The Labute approximate surface area is 153 Å². The van der Waals surface area contributed by atoms with Gasteiger partial charge in [0.2, 0.25) is 5.91 Å². The van der Waals surface area contributed by atoms with Gasteiger partial charge in [0, 0.05) is 24.6 Å². The van der Waals surface area contributed by atoms with Gasteiger partial charge in [0.05, 0.1) is 6.54 Å². The van der Waals surface area contributed by atoms with Crippen LogP contribution >= 0.6 is 0 Å². The maximum atomic E-state index is 13.2. The third kappa shape index (κ3) is 4.69. The van der Waals surface area contributed by atoms with Gasteiger partial charge in [-0.15, -0.1) is 0 Å². The van der Waals surface area contributed by atoms with Crippen molar-refractivity contribution >= 4 is 11.8 Å². The zero-order chi connectivity index (χ0) is 18.4. The van der Waals surface area contributed by atoms with Crippen LogP contribution in [0.5, 0.6) is 0 Å². The Hall–Kier alpha value is -2.69. The van der Waals surface area contributed by atoms with Crippen LogP contribution in [0.2, 0.25) is 0 Å². The predicted molar refractivity (Wildman–Crippen MR) is 98.3 cm³/mol. The lowest BCUT2D eigenvalue weighted by Gasteiger charge is -2.25. The first-order chi connectivity index (χ1) is 12.6. The van der Waals surface area contributed by atoms with Gasteiger partial charge in [-0.05, 0) is 42.7 Å². The van der Waals surface area contributed by atoms with E-state index in [2.05, 4.69) is 5.32 Å². The average molecular weight is 354 g/mol. The molecule has 0 spiro atoms. The molecule has 0 bridgehead atoms. The lowest BCUT2D eigenvalue weighted by atomic mass is 9.94. The van der Waals surface area contributed by atoms with Gasteiger partial charge in [-0.3, -0.25) is 9.59 Å². The number of likely N-dealkylation sites (tertiary alicyclic amines) is 1. The van der Waals surface area contributed by atoms with Crippen LogP contribution < -0.4 is 5.32 Å². The van der Waals surface area contributed by atoms with Gasteiger partial charge in [0.1, 0.15) is 5.82 Å². The van der Waals surface area contributed by atoms with Gasteiger partial charge >= 0.3 is 0 Å². The molecule has 5 heteroatoms. The lowest BCUT2D eigenvalue weighted by molar-refractivity contribution is -0.130. The van der Waals surface area contributed by atoms with Gasteiger partial charge in [0.15, 0.2) is 0 Å². The maximum Gasteiger partial charge on any atom is 0.251 e. The molecule has 2 aromatic carbocycles. The number of nitrogens with one attached hydrogen (secondary N) is 1. The molecule has 0 saturated carbocycles. The molecule has 1 saturated heterocycles. The molecule has 1 fully saturated rings. The molecule has 3 rings (SSSR count). The van der Waals surface area contributed by atoms with Crippen molar-refractivity contribution in [1.82, 2.24) is 10.2 Å². The molecule has 1 atom stereocenters. The van der Waals surface area contributed by atoms with Gasteiger partial charge in [-0.2, -0.15) is 0 Å². The Morgan fingerprint density at radius 1 is 1.04 bits per heavy atom. The molecule has 4 nitrogen and oxygen atoms in total. The summed E-state index contributed by atoms with van der Waals surface area (Å²) in [5.74, 6) is -0.377. The van der Waals surface area contributed by atoms with Crippen molar-refractivity contribution in [1.29, 1.82) is 0 Å². The number of amides is 2. The Bertz CT molecular complexity index is 746. The fraction of sp³-hybridized carbons (Fsp3) is 0.333. The molecule has 0 aromatic heterocycles. The highest BCUT2D eigenvalue weighted by atomic mass is 19.1. The summed E-state index contributed by atoms with van der Waals surface area (Å²) in [6.07, 6.45) is 2.95. The van der Waals surface area contributed by atoms with Crippen LogP contribution in [-0.2, 0) is 4.79 Å². The molecule has 0 radical (unpaired) electrons. The molecule has 1 unspecified atom stereocenters. The van der Waals surface area contributed by atoms with Crippen LogP contribution in [0.4, 0.5) is 4.39 Å². The third-order valence-electron chi connectivity index (χ3n) is 4.80. The highest BCUT2D eigenvalue weighted by Gasteiger charge is 2.23. The van der Waals surface area contributed by atoms with E-state index in [1.54, 1.807) is 36.4 Å². The molecule has 136 valence electrons. The van der Waals surface area contributed by atoms with Crippen LogP contribution in [0.25, 0.3) is 0 Å². The number of hydrogen-bond acceptors (Lipinski definition) is 2. The first kappa shape index (κ1) is 18.1. The Balaban J connectivity index is 1.59. The molecule has 2 aromatic rings. The Kier molecular flexibility index (Phi) is 6.00. The fourth-order valence-corrected chi connectivity index (χ4v) is 3.33. The normalized spacial score (nSPS) is 17.4. The van der Waals surface area contributed by atoms with E-state index in [1.165, 1.54) is 12.1 Å². The minimum Gasteiger partial charge on any atom is -0.343 e. The number of hydrogen-bond donors (Lipinski definition) is 1. The second kappa shape index (κ2) is 8.61. The molecule has 0 aliphatic carbocycles. The van der Waals surface area contributed by atoms with Crippen molar-refractivity contribution in [3.05, 3.63) is 71.5 Å². The first-order valence-corrected chi connectivity index (χ1v) is 9.00. The number of carbonyl (C=O) groups is 2. The van der Waals surface area contributed by atoms with Crippen molar-refractivity contribution in [3.63, 3.8) is 0 Å².